The first-order valence-electron chi connectivity index (χ1n) is 7.49. The molecule has 0 fully saturated rings. The number of hydrazine groups is 1. The molecule has 0 radical (unpaired) electrons. The Labute approximate surface area is 127 Å². The number of hydrogen-bond acceptors (Lipinski definition) is 6. The van der Waals surface area contributed by atoms with Crippen molar-refractivity contribution in [3.8, 4) is 6.07 Å². The molecule has 21 heavy (non-hydrogen) atoms. The Morgan fingerprint density at radius 3 is 2.62 bits per heavy atom. The molecule has 1 aromatic heterocycles. The highest BCUT2D eigenvalue weighted by Gasteiger charge is 2.17. The second-order valence-corrected chi connectivity index (χ2v) is 5.58. The monoisotopic (exact) mass is 290 g/mol. The maximum Gasteiger partial charge on any atom is 0.148 e. The lowest BCUT2D eigenvalue weighted by atomic mass is 10.1. The fourth-order valence-electron chi connectivity index (χ4n) is 2.24. The average Bonchev–Trinajstić information content (AvgIpc) is 2.45. The van der Waals surface area contributed by atoms with Crippen LogP contribution in [0.4, 0.5) is 11.6 Å². The molecule has 116 valence electrons. The van der Waals surface area contributed by atoms with Crippen LogP contribution in [0.15, 0.2) is 0 Å². The third-order valence-corrected chi connectivity index (χ3v) is 3.16. The van der Waals surface area contributed by atoms with Crippen LogP contribution >= 0.6 is 0 Å². The minimum Gasteiger partial charge on any atom is -0.355 e. The quantitative estimate of drug-likeness (QED) is 0.564. The van der Waals surface area contributed by atoms with E-state index in [1.54, 1.807) is 0 Å². The maximum absolute atomic E-state index is 8.86. The van der Waals surface area contributed by atoms with Gasteiger partial charge in [0.25, 0.3) is 0 Å². The molecule has 0 spiro atoms. The van der Waals surface area contributed by atoms with Gasteiger partial charge in [-0.15, -0.1) is 0 Å². The molecule has 0 saturated carbocycles. The van der Waals surface area contributed by atoms with E-state index in [2.05, 4.69) is 47.1 Å². The number of hydrogen-bond donors (Lipinski definition) is 2. The molecule has 0 amide bonds. The lowest BCUT2D eigenvalue weighted by Gasteiger charge is -2.27. The normalized spacial score (nSPS) is 10.5. The fraction of sp³-hybridized carbons (Fsp3) is 0.667. The molecule has 0 aliphatic carbocycles. The molecule has 0 saturated heterocycles. The molecule has 0 aliphatic heterocycles. The largest absolute Gasteiger partial charge is 0.355 e. The molecule has 3 N–H and O–H groups in total. The average molecular weight is 290 g/mol. The molecule has 0 bridgehead atoms. The summed E-state index contributed by atoms with van der Waals surface area (Å²) in [5.41, 5.74) is 3.58. The van der Waals surface area contributed by atoms with Crippen LogP contribution in [0.3, 0.4) is 0 Å². The third-order valence-electron chi connectivity index (χ3n) is 3.16. The number of anilines is 2. The summed E-state index contributed by atoms with van der Waals surface area (Å²) < 4.78 is 0. The summed E-state index contributed by atoms with van der Waals surface area (Å²) >= 11 is 0. The van der Waals surface area contributed by atoms with E-state index in [1.807, 2.05) is 6.92 Å². The number of nitrogens with zero attached hydrogens (tertiary/aromatic N) is 4. The van der Waals surface area contributed by atoms with Crippen molar-refractivity contribution in [2.24, 2.45) is 11.8 Å². The predicted octanol–water partition coefficient (Wildman–Crippen LogP) is 2.40. The minimum absolute atomic E-state index is 0.477. The summed E-state index contributed by atoms with van der Waals surface area (Å²) in [6.45, 7) is 9.90. The molecule has 1 rings (SSSR count). The number of aromatic nitrogens is 2. The lowest BCUT2D eigenvalue weighted by Crippen LogP contribution is -2.31. The number of rotatable bonds is 8. The van der Waals surface area contributed by atoms with Crippen LogP contribution in [0.5, 0.6) is 0 Å². The summed E-state index contributed by atoms with van der Waals surface area (Å²) in [6.07, 6.45) is 2.27. The Hall–Kier alpha value is -1.87. The second kappa shape index (κ2) is 8.42. The molecule has 1 aromatic rings. The summed E-state index contributed by atoms with van der Waals surface area (Å²) in [6, 6.07) is 2.20. The van der Waals surface area contributed by atoms with Gasteiger partial charge < -0.3 is 10.3 Å². The molecular weight excluding hydrogens is 264 g/mol. The Balaban J connectivity index is 3.20. The van der Waals surface area contributed by atoms with Gasteiger partial charge in [0, 0.05) is 25.1 Å². The predicted molar refractivity (Wildman–Crippen MR) is 85.9 cm³/mol. The first-order chi connectivity index (χ1) is 10.0. The van der Waals surface area contributed by atoms with Gasteiger partial charge >= 0.3 is 0 Å². The lowest BCUT2D eigenvalue weighted by molar-refractivity contribution is 0.604. The smallest absolute Gasteiger partial charge is 0.148 e. The van der Waals surface area contributed by atoms with Crippen LogP contribution in [0.1, 0.15) is 45.0 Å². The molecule has 6 nitrogen and oxygen atoms in total. The van der Waals surface area contributed by atoms with Crippen LogP contribution in [0.2, 0.25) is 0 Å². The van der Waals surface area contributed by atoms with Gasteiger partial charge in [0.05, 0.1) is 12.5 Å². The molecular formula is C15H26N6. The highest BCUT2D eigenvalue weighted by Crippen LogP contribution is 2.24. The van der Waals surface area contributed by atoms with E-state index < -0.39 is 0 Å². The standard InChI is InChI=1S/C15H26N6/c1-5-7-13-18-14(20-17)12(4)15(19-13)21(9-6-8-16)10-11(2)3/h11H,5-7,9-10,17H2,1-4H3,(H,18,19,20). The van der Waals surface area contributed by atoms with Gasteiger partial charge in [0.1, 0.15) is 17.5 Å². The van der Waals surface area contributed by atoms with Crippen LogP contribution in [-0.4, -0.2) is 23.1 Å². The molecule has 0 unspecified atom stereocenters. The zero-order chi connectivity index (χ0) is 15.8. The van der Waals surface area contributed by atoms with Crippen molar-refractivity contribution in [3.63, 3.8) is 0 Å². The Bertz CT molecular complexity index is 492. The van der Waals surface area contributed by atoms with E-state index in [0.717, 1.165) is 36.6 Å². The van der Waals surface area contributed by atoms with E-state index in [9.17, 15) is 0 Å². The molecule has 0 aliphatic rings. The van der Waals surface area contributed by atoms with Gasteiger partial charge in [-0.3, -0.25) is 0 Å². The van der Waals surface area contributed by atoms with Crippen LogP contribution < -0.4 is 16.2 Å². The van der Waals surface area contributed by atoms with E-state index in [4.69, 9.17) is 11.1 Å². The first kappa shape index (κ1) is 17.2. The van der Waals surface area contributed by atoms with E-state index >= 15 is 0 Å². The van der Waals surface area contributed by atoms with Crippen molar-refractivity contribution < 1.29 is 0 Å². The van der Waals surface area contributed by atoms with Gasteiger partial charge in [-0.1, -0.05) is 20.8 Å². The highest BCUT2D eigenvalue weighted by molar-refractivity contribution is 5.58. The number of nitrogens with two attached hydrogens (primary N) is 1. The van der Waals surface area contributed by atoms with Crippen molar-refractivity contribution in [3.05, 3.63) is 11.4 Å². The minimum atomic E-state index is 0.477. The van der Waals surface area contributed by atoms with Crippen molar-refractivity contribution in [2.75, 3.05) is 23.4 Å². The van der Waals surface area contributed by atoms with Gasteiger partial charge in [-0.2, -0.15) is 5.26 Å². The fourth-order valence-corrected chi connectivity index (χ4v) is 2.24. The molecule has 0 atom stereocenters. The number of nitriles is 1. The Morgan fingerprint density at radius 2 is 2.10 bits per heavy atom. The summed E-state index contributed by atoms with van der Waals surface area (Å²) in [7, 11) is 0. The third kappa shape index (κ3) is 4.87. The summed E-state index contributed by atoms with van der Waals surface area (Å²) in [5.74, 6) is 8.39. The maximum atomic E-state index is 8.86. The van der Waals surface area contributed by atoms with Gasteiger partial charge in [0.15, 0.2) is 0 Å². The zero-order valence-electron chi connectivity index (χ0n) is 13.5. The van der Waals surface area contributed by atoms with Crippen LogP contribution in [-0.2, 0) is 6.42 Å². The highest BCUT2D eigenvalue weighted by atomic mass is 15.3. The molecule has 0 aromatic carbocycles. The van der Waals surface area contributed by atoms with Crippen LogP contribution in [0.25, 0.3) is 0 Å². The Kier molecular flexibility index (Phi) is 6.89. The number of aryl methyl sites for hydroxylation is 1. The van der Waals surface area contributed by atoms with Gasteiger partial charge in [-0.05, 0) is 19.3 Å². The molecule has 6 heteroatoms. The van der Waals surface area contributed by atoms with Crippen LogP contribution in [0, 0.1) is 24.2 Å². The van der Waals surface area contributed by atoms with Crippen molar-refractivity contribution in [1.29, 1.82) is 5.26 Å². The van der Waals surface area contributed by atoms with E-state index in [0.29, 0.717) is 24.7 Å². The van der Waals surface area contributed by atoms with E-state index in [1.165, 1.54) is 0 Å². The summed E-state index contributed by atoms with van der Waals surface area (Å²) in [4.78, 5) is 11.3. The summed E-state index contributed by atoms with van der Waals surface area (Å²) in [5, 5.41) is 8.86. The van der Waals surface area contributed by atoms with Gasteiger partial charge in [0.2, 0.25) is 0 Å². The topological polar surface area (TPSA) is 90.9 Å². The second-order valence-electron chi connectivity index (χ2n) is 5.58. The Morgan fingerprint density at radius 1 is 1.38 bits per heavy atom. The zero-order valence-corrected chi connectivity index (χ0v) is 13.5. The van der Waals surface area contributed by atoms with Crippen molar-refractivity contribution in [1.82, 2.24) is 9.97 Å². The first-order valence-corrected chi connectivity index (χ1v) is 7.49. The number of nitrogen functional groups attached to an aromatic ring is 1. The SMILES string of the molecule is CCCc1nc(NN)c(C)c(N(CCC#N)CC(C)C)n1. The number of nitrogens with one attached hydrogen (secondary N) is 1. The van der Waals surface area contributed by atoms with Gasteiger partial charge in [-0.25, -0.2) is 15.8 Å². The van der Waals surface area contributed by atoms with Crippen molar-refractivity contribution in [2.45, 2.75) is 47.0 Å². The van der Waals surface area contributed by atoms with Crippen molar-refractivity contribution >= 4 is 11.6 Å². The van der Waals surface area contributed by atoms with E-state index in [-0.39, 0.29) is 0 Å². The molecule has 1 heterocycles.